The number of hydrogen-bond acceptors (Lipinski definition) is 3. The van der Waals surface area contributed by atoms with Crippen molar-refractivity contribution in [3.05, 3.63) is 28.8 Å². The number of hydrogen-bond donors (Lipinski definition) is 0. The van der Waals surface area contributed by atoms with Gasteiger partial charge in [-0.25, -0.2) is 9.79 Å². The number of ether oxygens (including phenoxy) is 1. The molecular weight excluding hydrogens is 238 g/mol. The molecule has 1 saturated carbocycles. The normalized spacial score (nSPS) is 15.6. The molecular formula is C13H14ClNO2. The number of rotatable bonds is 4. The Bertz CT molecular complexity index is 435. The number of isocyanates is 1. The van der Waals surface area contributed by atoms with E-state index in [2.05, 4.69) is 4.99 Å². The molecule has 2 rings (SSSR count). The summed E-state index contributed by atoms with van der Waals surface area (Å²) in [5, 5.41) is 0.579. The van der Waals surface area contributed by atoms with Crippen LogP contribution in [0.25, 0.3) is 0 Å². The van der Waals surface area contributed by atoms with Gasteiger partial charge in [-0.2, -0.15) is 0 Å². The number of halogens is 1. The van der Waals surface area contributed by atoms with Crippen molar-refractivity contribution in [3.8, 4) is 5.75 Å². The van der Waals surface area contributed by atoms with Crippen LogP contribution in [0.15, 0.2) is 23.2 Å². The first-order chi connectivity index (χ1) is 8.29. The van der Waals surface area contributed by atoms with Crippen molar-refractivity contribution in [2.75, 3.05) is 0 Å². The third kappa shape index (κ3) is 3.32. The summed E-state index contributed by atoms with van der Waals surface area (Å²) < 4.78 is 5.83. The first-order valence-electron chi connectivity index (χ1n) is 5.78. The first kappa shape index (κ1) is 12.2. The Balaban J connectivity index is 2.05. The van der Waals surface area contributed by atoms with E-state index in [1.165, 1.54) is 18.9 Å². The van der Waals surface area contributed by atoms with Gasteiger partial charge in [0.25, 0.3) is 0 Å². The standard InChI is InChI=1S/C13H14ClNO2/c14-12-7-10(8-15-9-16)5-6-13(12)17-11-3-1-2-4-11/h5-7,11H,1-4,8H2. The van der Waals surface area contributed by atoms with Gasteiger partial charge in [0, 0.05) is 0 Å². The molecule has 0 aromatic heterocycles. The third-order valence-electron chi connectivity index (χ3n) is 2.92. The summed E-state index contributed by atoms with van der Waals surface area (Å²) in [4.78, 5) is 13.5. The van der Waals surface area contributed by atoms with Crippen LogP contribution in [-0.2, 0) is 11.3 Å². The average Bonchev–Trinajstić information content (AvgIpc) is 2.82. The lowest BCUT2D eigenvalue weighted by molar-refractivity contribution is 0.210. The van der Waals surface area contributed by atoms with Crippen LogP contribution in [0.1, 0.15) is 31.2 Å². The van der Waals surface area contributed by atoms with Crippen molar-refractivity contribution < 1.29 is 9.53 Å². The highest BCUT2D eigenvalue weighted by Gasteiger charge is 2.17. The Morgan fingerprint density at radius 2 is 2.18 bits per heavy atom. The largest absolute Gasteiger partial charge is 0.489 e. The lowest BCUT2D eigenvalue weighted by atomic mass is 10.2. The van der Waals surface area contributed by atoms with Gasteiger partial charge in [-0.1, -0.05) is 17.7 Å². The van der Waals surface area contributed by atoms with E-state index in [1.54, 1.807) is 6.07 Å². The van der Waals surface area contributed by atoms with Crippen LogP contribution in [0.5, 0.6) is 5.75 Å². The van der Waals surface area contributed by atoms with Gasteiger partial charge >= 0.3 is 0 Å². The maximum absolute atomic E-state index is 10.0. The lowest BCUT2D eigenvalue weighted by Crippen LogP contribution is -2.11. The fraction of sp³-hybridized carbons (Fsp3) is 0.462. The molecule has 0 unspecified atom stereocenters. The van der Waals surface area contributed by atoms with Gasteiger partial charge in [0.1, 0.15) is 5.75 Å². The van der Waals surface area contributed by atoms with Crippen LogP contribution in [0.2, 0.25) is 5.02 Å². The van der Waals surface area contributed by atoms with Crippen LogP contribution in [0.4, 0.5) is 0 Å². The molecule has 4 heteroatoms. The zero-order valence-corrected chi connectivity index (χ0v) is 10.2. The van der Waals surface area contributed by atoms with Crippen molar-refractivity contribution in [2.24, 2.45) is 4.99 Å². The highest BCUT2D eigenvalue weighted by atomic mass is 35.5. The van der Waals surface area contributed by atoms with Crippen molar-refractivity contribution in [1.29, 1.82) is 0 Å². The summed E-state index contributed by atoms with van der Waals surface area (Å²) in [6.45, 7) is 0.312. The van der Waals surface area contributed by atoms with E-state index in [0.717, 1.165) is 24.2 Å². The molecule has 1 aromatic carbocycles. The quantitative estimate of drug-likeness (QED) is 0.607. The number of carbonyl (C=O) groups excluding carboxylic acids is 1. The van der Waals surface area contributed by atoms with Crippen LogP contribution in [0.3, 0.4) is 0 Å². The molecule has 0 spiro atoms. The molecule has 1 aromatic rings. The second-order valence-electron chi connectivity index (χ2n) is 4.20. The van der Waals surface area contributed by atoms with E-state index in [1.807, 2.05) is 12.1 Å². The highest BCUT2D eigenvalue weighted by Crippen LogP contribution is 2.30. The molecule has 1 aliphatic carbocycles. The Hall–Kier alpha value is -1.31. The minimum atomic E-state index is 0.298. The Morgan fingerprint density at radius 1 is 1.41 bits per heavy atom. The molecule has 17 heavy (non-hydrogen) atoms. The van der Waals surface area contributed by atoms with Crippen molar-refractivity contribution in [1.82, 2.24) is 0 Å². The fourth-order valence-electron chi connectivity index (χ4n) is 2.05. The van der Waals surface area contributed by atoms with Gasteiger partial charge in [0.2, 0.25) is 6.08 Å². The molecule has 1 fully saturated rings. The highest BCUT2D eigenvalue weighted by molar-refractivity contribution is 6.32. The lowest BCUT2D eigenvalue weighted by Gasteiger charge is -2.14. The Morgan fingerprint density at radius 3 is 2.82 bits per heavy atom. The molecule has 0 radical (unpaired) electrons. The fourth-order valence-corrected chi connectivity index (χ4v) is 2.30. The molecule has 3 nitrogen and oxygen atoms in total. The molecule has 1 aliphatic rings. The summed E-state index contributed by atoms with van der Waals surface area (Å²) in [5.74, 6) is 0.720. The van der Waals surface area contributed by atoms with E-state index in [4.69, 9.17) is 16.3 Å². The van der Waals surface area contributed by atoms with Gasteiger partial charge in [-0.3, -0.25) is 0 Å². The monoisotopic (exact) mass is 251 g/mol. The minimum Gasteiger partial charge on any atom is -0.489 e. The SMILES string of the molecule is O=C=NCc1ccc(OC2CCCC2)c(Cl)c1. The summed E-state index contributed by atoms with van der Waals surface area (Å²) in [5.41, 5.74) is 0.886. The molecule has 0 bridgehead atoms. The zero-order chi connectivity index (χ0) is 12.1. The first-order valence-corrected chi connectivity index (χ1v) is 6.16. The minimum absolute atomic E-state index is 0.298. The zero-order valence-electron chi connectivity index (χ0n) is 9.49. The van der Waals surface area contributed by atoms with Crippen molar-refractivity contribution >= 4 is 17.7 Å². The smallest absolute Gasteiger partial charge is 0.235 e. The summed E-state index contributed by atoms with van der Waals surface area (Å²) in [7, 11) is 0. The second kappa shape index (κ2) is 5.85. The number of aliphatic imine (C=N–C) groups is 1. The number of benzene rings is 1. The van der Waals surface area contributed by atoms with Gasteiger partial charge in [-0.05, 0) is 43.4 Å². The maximum atomic E-state index is 10.0. The van der Waals surface area contributed by atoms with Gasteiger partial charge in [0.05, 0.1) is 17.7 Å². The summed E-state index contributed by atoms with van der Waals surface area (Å²) >= 11 is 6.12. The van der Waals surface area contributed by atoms with Gasteiger partial charge in [-0.15, -0.1) is 0 Å². The summed E-state index contributed by atoms with van der Waals surface area (Å²) in [6.07, 6.45) is 6.48. The van der Waals surface area contributed by atoms with Crippen LogP contribution in [0, 0.1) is 0 Å². The van der Waals surface area contributed by atoms with Crippen molar-refractivity contribution in [3.63, 3.8) is 0 Å². The van der Waals surface area contributed by atoms with Crippen LogP contribution in [-0.4, -0.2) is 12.2 Å². The Kier molecular flexibility index (Phi) is 4.18. The number of nitrogens with zero attached hydrogens (tertiary/aromatic N) is 1. The van der Waals surface area contributed by atoms with E-state index in [9.17, 15) is 4.79 Å². The average molecular weight is 252 g/mol. The Labute approximate surface area is 105 Å². The molecule has 90 valence electrons. The van der Waals surface area contributed by atoms with E-state index in [0.29, 0.717) is 17.7 Å². The van der Waals surface area contributed by atoms with Gasteiger partial charge in [0.15, 0.2) is 0 Å². The second-order valence-corrected chi connectivity index (χ2v) is 4.60. The predicted molar refractivity (Wildman–Crippen MR) is 66.2 cm³/mol. The van der Waals surface area contributed by atoms with E-state index >= 15 is 0 Å². The third-order valence-corrected chi connectivity index (χ3v) is 3.21. The van der Waals surface area contributed by atoms with E-state index in [-0.39, 0.29) is 0 Å². The van der Waals surface area contributed by atoms with Crippen LogP contribution >= 0.6 is 11.6 Å². The van der Waals surface area contributed by atoms with Crippen LogP contribution < -0.4 is 4.74 Å². The molecule has 0 heterocycles. The summed E-state index contributed by atoms with van der Waals surface area (Å²) in [6, 6.07) is 5.50. The predicted octanol–water partition coefficient (Wildman–Crippen LogP) is 3.50. The molecule has 0 amide bonds. The molecule has 0 atom stereocenters. The molecule has 0 aliphatic heterocycles. The topological polar surface area (TPSA) is 38.7 Å². The molecule has 0 N–H and O–H groups in total. The maximum Gasteiger partial charge on any atom is 0.235 e. The molecule has 0 saturated heterocycles. The van der Waals surface area contributed by atoms with E-state index < -0.39 is 0 Å². The van der Waals surface area contributed by atoms with Crippen molar-refractivity contribution in [2.45, 2.75) is 38.3 Å². The van der Waals surface area contributed by atoms with Gasteiger partial charge < -0.3 is 4.74 Å².